The molecule has 0 aliphatic carbocycles. The molecule has 58 valence electrons. The Hall–Kier alpha value is 0.120. The van der Waals surface area contributed by atoms with Crippen molar-refractivity contribution in [1.29, 1.82) is 0 Å². The van der Waals surface area contributed by atoms with Gasteiger partial charge in [-0.15, -0.1) is 0 Å². The van der Waals surface area contributed by atoms with Crippen molar-refractivity contribution in [2.24, 2.45) is 0 Å². The first-order chi connectivity index (χ1) is 4.61. The van der Waals surface area contributed by atoms with E-state index in [0.717, 1.165) is 0 Å². The summed E-state index contributed by atoms with van der Waals surface area (Å²) in [5.74, 6) is 0. The second-order valence-electron chi connectivity index (χ2n) is 1.70. The fourth-order valence-corrected chi connectivity index (χ4v) is 3.81. The Morgan fingerprint density at radius 2 is 2.10 bits per heavy atom. The van der Waals surface area contributed by atoms with Crippen LogP contribution in [-0.4, -0.2) is 16.2 Å². The van der Waals surface area contributed by atoms with Gasteiger partial charge in [0.25, 0.3) is 0 Å². The van der Waals surface area contributed by atoms with Gasteiger partial charge in [-0.05, 0) is 0 Å². The van der Waals surface area contributed by atoms with Crippen molar-refractivity contribution in [3.8, 4) is 0 Å². The average molecular weight is 273 g/mol. The second-order valence-corrected chi connectivity index (χ2v) is 6.86. The zero-order chi connectivity index (χ0) is 7.61. The van der Waals surface area contributed by atoms with Gasteiger partial charge in [0.05, 0.1) is 0 Å². The molecule has 0 aromatic heterocycles. The monoisotopic (exact) mass is 273 g/mol. The van der Waals surface area contributed by atoms with Crippen molar-refractivity contribution in [3.05, 3.63) is 22.3 Å². The molecule has 0 radical (unpaired) electrons. The van der Waals surface area contributed by atoms with E-state index in [4.69, 9.17) is 4.55 Å². The topological polar surface area (TPSA) is 54.4 Å². The number of rotatable bonds is 1. The summed E-state index contributed by atoms with van der Waals surface area (Å²) in [5, 5.41) is 0. The van der Waals surface area contributed by atoms with Crippen molar-refractivity contribution >= 4 is 10.1 Å². The van der Waals surface area contributed by atoms with Gasteiger partial charge in [-0.25, -0.2) is 0 Å². The van der Waals surface area contributed by atoms with Gasteiger partial charge in [-0.3, -0.25) is 0 Å². The third-order valence-electron chi connectivity index (χ3n) is 0.928. The first-order valence-electron chi connectivity index (χ1n) is 2.52. The summed E-state index contributed by atoms with van der Waals surface area (Å²) in [4.78, 5) is 0. The number of halogens is 1. The van der Waals surface area contributed by atoms with E-state index in [0.29, 0.717) is 0 Å². The molecule has 0 aromatic rings. The molecule has 1 aliphatic heterocycles. The first-order valence-corrected chi connectivity index (χ1v) is 6.52. The summed E-state index contributed by atoms with van der Waals surface area (Å²) in [6, 6.07) is 0. The van der Waals surface area contributed by atoms with E-state index in [2.05, 4.69) is 0 Å². The van der Waals surface area contributed by atoms with Gasteiger partial charge in [0, 0.05) is 0 Å². The maximum absolute atomic E-state index is 10.5. The van der Waals surface area contributed by atoms with Crippen LogP contribution in [0, 0.1) is 0 Å². The summed E-state index contributed by atoms with van der Waals surface area (Å²) >= 11 is -0.546. The number of hydrogen-bond donors (Lipinski definition) is 1. The van der Waals surface area contributed by atoms with E-state index >= 15 is 0 Å². The van der Waals surface area contributed by atoms with E-state index in [1.165, 1.54) is 6.08 Å². The third-order valence-corrected chi connectivity index (χ3v) is 6.23. The molecular weight excluding hydrogens is 267 g/mol. The Morgan fingerprint density at radius 3 is 2.40 bits per heavy atom. The van der Waals surface area contributed by atoms with Gasteiger partial charge < -0.3 is 0 Å². The average Bonchev–Trinajstić information content (AvgIpc) is 1.88. The van der Waals surface area contributed by atoms with Gasteiger partial charge in [0.2, 0.25) is 0 Å². The van der Waals surface area contributed by atoms with Crippen LogP contribution in [0.15, 0.2) is 22.3 Å². The molecule has 5 heteroatoms. The molecule has 0 saturated heterocycles. The number of hydrogen-bond acceptors (Lipinski definition) is 2. The van der Waals surface area contributed by atoms with E-state index in [-0.39, 0.29) is 0 Å². The molecule has 0 spiro atoms. The summed E-state index contributed by atoms with van der Waals surface area (Å²) in [6.07, 6.45) is 4.96. The fraction of sp³-hybridized carbons (Fsp3) is 0.200. The molecule has 0 aromatic carbocycles. The number of alkyl halides is 1. The molecule has 1 unspecified atom stereocenters. The molecule has 0 amide bonds. The van der Waals surface area contributed by atoms with Crippen LogP contribution in [0.25, 0.3) is 0 Å². The molecule has 1 heterocycles. The van der Waals surface area contributed by atoms with Crippen molar-refractivity contribution in [2.75, 3.05) is 0 Å². The van der Waals surface area contributed by atoms with Crippen molar-refractivity contribution in [2.45, 2.75) is 3.26 Å². The SMILES string of the molecule is O=S(=O)(O)C1C=CC=C[I-]1. The van der Waals surface area contributed by atoms with Gasteiger partial charge in [-0.1, -0.05) is 0 Å². The zero-order valence-electron chi connectivity index (χ0n) is 4.94. The minimum absolute atomic E-state index is 0.546. The van der Waals surface area contributed by atoms with Gasteiger partial charge in [0.1, 0.15) is 0 Å². The predicted molar refractivity (Wildman–Crippen MR) is 33.6 cm³/mol. The predicted octanol–water partition coefficient (Wildman–Crippen LogP) is -2.63. The van der Waals surface area contributed by atoms with Crippen LogP contribution in [0.3, 0.4) is 0 Å². The van der Waals surface area contributed by atoms with Crippen LogP contribution in [0.2, 0.25) is 0 Å². The summed E-state index contributed by atoms with van der Waals surface area (Å²) < 4.78 is 30.7. The minimum atomic E-state index is -3.82. The quantitative estimate of drug-likeness (QED) is 0.323. The van der Waals surface area contributed by atoms with Gasteiger partial charge >= 0.3 is 69.9 Å². The van der Waals surface area contributed by atoms with E-state index in [9.17, 15) is 8.42 Å². The third kappa shape index (κ3) is 2.06. The molecule has 0 saturated carbocycles. The molecule has 1 atom stereocenters. The van der Waals surface area contributed by atoms with Crippen molar-refractivity contribution < 1.29 is 34.2 Å². The first kappa shape index (κ1) is 8.22. The van der Waals surface area contributed by atoms with Crippen LogP contribution < -0.4 is 21.2 Å². The van der Waals surface area contributed by atoms with Crippen LogP contribution in [0.1, 0.15) is 0 Å². The van der Waals surface area contributed by atoms with Crippen molar-refractivity contribution in [3.63, 3.8) is 0 Å². The van der Waals surface area contributed by atoms with Crippen molar-refractivity contribution in [1.82, 2.24) is 0 Å². The van der Waals surface area contributed by atoms with Crippen LogP contribution in [-0.2, 0) is 10.1 Å². The molecule has 10 heavy (non-hydrogen) atoms. The Bertz CT molecular complexity index is 265. The summed E-state index contributed by atoms with van der Waals surface area (Å²) in [7, 11) is -3.82. The molecule has 1 rings (SSSR count). The zero-order valence-corrected chi connectivity index (χ0v) is 7.91. The van der Waals surface area contributed by atoms with Crippen LogP contribution in [0.4, 0.5) is 0 Å². The molecule has 0 bridgehead atoms. The Balaban J connectivity index is 2.79. The maximum atomic E-state index is 10.5. The normalized spacial score (nSPS) is 25.9. The van der Waals surface area contributed by atoms with Gasteiger partial charge in [-0.2, -0.15) is 0 Å². The standard InChI is InChI=1S/C5H6IO3S/c7-10(8,9)5-3-1-2-4-6-5/h1-5H,(H,7,8,9)/q-1. The Morgan fingerprint density at radius 1 is 1.40 bits per heavy atom. The Kier molecular flexibility index (Phi) is 2.48. The molecule has 1 aliphatic rings. The molecular formula is C5H6IO3S-. The van der Waals surface area contributed by atoms with Gasteiger partial charge in [0.15, 0.2) is 0 Å². The van der Waals surface area contributed by atoms with E-state index in [1.54, 1.807) is 12.2 Å². The summed E-state index contributed by atoms with van der Waals surface area (Å²) in [5.41, 5.74) is 0. The Labute approximate surface area is 69.8 Å². The van der Waals surface area contributed by atoms with E-state index < -0.39 is 34.6 Å². The second kappa shape index (κ2) is 3.02. The summed E-state index contributed by atoms with van der Waals surface area (Å²) in [6.45, 7) is 0. The molecule has 3 nitrogen and oxygen atoms in total. The van der Waals surface area contributed by atoms with Crippen LogP contribution in [0.5, 0.6) is 0 Å². The number of allylic oxidation sites excluding steroid dienone is 2. The molecule has 1 N–H and O–H groups in total. The van der Waals surface area contributed by atoms with E-state index in [1.807, 2.05) is 4.08 Å². The molecule has 0 fully saturated rings. The van der Waals surface area contributed by atoms with Crippen LogP contribution >= 0.6 is 0 Å². The fourth-order valence-electron chi connectivity index (χ4n) is 0.513.